The molecule has 0 radical (unpaired) electrons. The van der Waals surface area contributed by atoms with E-state index in [-0.39, 0.29) is 6.04 Å². The highest BCUT2D eigenvalue weighted by atomic mass is 32.1. The van der Waals surface area contributed by atoms with Crippen molar-refractivity contribution in [3.8, 4) is 5.00 Å². The molecule has 1 saturated carbocycles. The zero-order chi connectivity index (χ0) is 29.2. The molecule has 0 amide bonds. The first-order valence-corrected chi connectivity index (χ1v) is 16.9. The maximum absolute atomic E-state index is 5.22. The Kier molecular flexibility index (Phi) is 6.88. The molecule has 222 valence electrons. The lowest BCUT2D eigenvalue weighted by Gasteiger charge is -2.48. The van der Waals surface area contributed by atoms with Crippen LogP contribution in [0.4, 0.5) is 0 Å². The molecule has 3 aliphatic heterocycles. The molecule has 5 heterocycles. The summed E-state index contributed by atoms with van der Waals surface area (Å²) in [6, 6.07) is 20.3. The van der Waals surface area contributed by atoms with E-state index in [4.69, 9.17) is 4.99 Å². The molecular weight excluding hydrogens is 549 g/mol. The molecule has 0 bridgehead atoms. The third-order valence-corrected chi connectivity index (χ3v) is 11.8. The Morgan fingerprint density at radius 2 is 1.37 bits per heavy atom. The molecule has 2 aromatic heterocycles. The van der Waals surface area contributed by atoms with Crippen LogP contribution < -0.4 is 0 Å². The van der Waals surface area contributed by atoms with Crippen molar-refractivity contribution in [2.45, 2.75) is 58.4 Å². The van der Waals surface area contributed by atoms with Gasteiger partial charge in [-0.1, -0.05) is 54.6 Å². The minimum absolute atomic E-state index is 0.0430. The van der Waals surface area contributed by atoms with E-state index in [1.807, 2.05) is 18.3 Å². The van der Waals surface area contributed by atoms with Crippen LogP contribution in [0.5, 0.6) is 0 Å². The van der Waals surface area contributed by atoms with Crippen LogP contribution >= 0.6 is 11.3 Å². The van der Waals surface area contributed by atoms with Crippen molar-refractivity contribution in [2.75, 3.05) is 39.3 Å². The fourth-order valence-electron chi connectivity index (χ4n) is 7.88. The Morgan fingerprint density at radius 1 is 0.767 bits per heavy atom. The van der Waals surface area contributed by atoms with Gasteiger partial charge < -0.3 is 9.80 Å². The summed E-state index contributed by atoms with van der Waals surface area (Å²) in [6.07, 6.45) is 2.84. The van der Waals surface area contributed by atoms with Crippen LogP contribution in [-0.2, 0) is 0 Å². The summed E-state index contributed by atoms with van der Waals surface area (Å²) >= 11 is 1.82. The lowest BCUT2D eigenvalue weighted by Crippen LogP contribution is -2.51. The van der Waals surface area contributed by atoms with Crippen molar-refractivity contribution in [2.24, 2.45) is 16.8 Å². The summed E-state index contributed by atoms with van der Waals surface area (Å²) in [7, 11) is 0. The van der Waals surface area contributed by atoms with E-state index < -0.39 is 0 Å². The van der Waals surface area contributed by atoms with Crippen molar-refractivity contribution < 1.29 is 0 Å². The first-order valence-electron chi connectivity index (χ1n) is 16.1. The number of thiophene rings is 1. The van der Waals surface area contributed by atoms with Gasteiger partial charge in [-0.3, -0.25) is 9.56 Å². The SMILES string of the molecule is Cc1sc2c(c1C)C(c1ccc(C3CN(CC4CC(CN5CC(c6ccccc6)C5)C4)C3)cc1)=N[C@@H](C)c1nnc(C)n1-2. The van der Waals surface area contributed by atoms with E-state index in [1.165, 1.54) is 89.8 Å². The molecule has 0 spiro atoms. The average Bonchev–Trinajstić information content (AvgIpc) is 3.43. The summed E-state index contributed by atoms with van der Waals surface area (Å²) in [4.78, 5) is 11.9. The van der Waals surface area contributed by atoms with Gasteiger partial charge in [0.2, 0.25) is 0 Å². The Hall–Kier alpha value is -3.13. The topological polar surface area (TPSA) is 49.6 Å². The number of fused-ring (bicyclic) bond motifs is 3. The maximum Gasteiger partial charge on any atom is 0.162 e. The Morgan fingerprint density at radius 3 is 2.00 bits per heavy atom. The molecule has 7 heteroatoms. The molecule has 1 aliphatic carbocycles. The Labute approximate surface area is 259 Å². The van der Waals surface area contributed by atoms with Crippen molar-refractivity contribution in [3.05, 3.63) is 98.9 Å². The fraction of sp³-hybridized carbons (Fsp3) is 0.472. The molecule has 43 heavy (non-hydrogen) atoms. The third kappa shape index (κ3) is 4.90. The number of benzene rings is 2. The molecule has 0 N–H and O–H groups in total. The summed E-state index contributed by atoms with van der Waals surface area (Å²) < 4.78 is 2.22. The maximum atomic E-state index is 5.22. The van der Waals surface area contributed by atoms with E-state index in [2.05, 4.69) is 99.9 Å². The predicted molar refractivity (Wildman–Crippen MR) is 175 cm³/mol. The van der Waals surface area contributed by atoms with Crippen LogP contribution in [0.3, 0.4) is 0 Å². The summed E-state index contributed by atoms with van der Waals surface area (Å²) in [5.41, 5.74) is 7.81. The van der Waals surface area contributed by atoms with Crippen LogP contribution in [0.2, 0.25) is 0 Å². The number of aliphatic imine (C=N–C) groups is 1. The third-order valence-electron chi connectivity index (χ3n) is 10.6. The van der Waals surface area contributed by atoms with Gasteiger partial charge >= 0.3 is 0 Å². The van der Waals surface area contributed by atoms with Gasteiger partial charge in [0.05, 0.1) is 5.71 Å². The van der Waals surface area contributed by atoms with Crippen LogP contribution in [0.15, 0.2) is 59.6 Å². The lowest BCUT2D eigenvalue weighted by atomic mass is 9.73. The van der Waals surface area contributed by atoms with Gasteiger partial charge in [-0.2, -0.15) is 0 Å². The minimum atomic E-state index is -0.0430. The van der Waals surface area contributed by atoms with Crippen molar-refractivity contribution in [3.63, 3.8) is 0 Å². The summed E-state index contributed by atoms with van der Waals surface area (Å²) in [5.74, 6) is 5.07. The number of aromatic nitrogens is 3. The number of hydrogen-bond donors (Lipinski definition) is 0. The molecule has 4 aromatic rings. The molecule has 2 aromatic carbocycles. The lowest BCUT2D eigenvalue weighted by molar-refractivity contribution is 0.0375. The second-order valence-corrected chi connectivity index (χ2v) is 14.8. The molecule has 1 atom stereocenters. The van der Waals surface area contributed by atoms with Gasteiger partial charge in [0.25, 0.3) is 0 Å². The fourth-order valence-corrected chi connectivity index (χ4v) is 9.09. The van der Waals surface area contributed by atoms with E-state index in [9.17, 15) is 0 Å². The first-order chi connectivity index (χ1) is 20.9. The highest BCUT2D eigenvalue weighted by molar-refractivity contribution is 7.15. The minimum Gasteiger partial charge on any atom is -0.302 e. The van der Waals surface area contributed by atoms with Gasteiger partial charge in [-0.05, 0) is 69.1 Å². The molecule has 2 saturated heterocycles. The standard InChI is InChI=1S/C36H42N6S/c1-22-24(3)43-36-33(22)34(37-23(2)35-39-38-25(4)42(35)36)30-12-10-29(11-13-30)32-20-41(21-32)17-27-14-26(15-27)16-40-18-31(19-40)28-8-6-5-7-9-28/h5-13,23,26-27,31-32H,14-21H2,1-4H3/t23-,26?,27?/m0/s1. The van der Waals surface area contributed by atoms with E-state index >= 15 is 0 Å². The zero-order valence-electron chi connectivity index (χ0n) is 25.8. The molecular formula is C36H42N6S. The van der Waals surface area contributed by atoms with E-state index in [1.54, 1.807) is 0 Å². The van der Waals surface area contributed by atoms with E-state index in [0.29, 0.717) is 5.92 Å². The second-order valence-electron chi connectivity index (χ2n) is 13.6. The average molecular weight is 591 g/mol. The van der Waals surface area contributed by atoms with Crippen LogP contribution in [0, 0.1) is 32.6 Å². The molecule has 6 nitrogen and oxygen atoms in total. The monoisotopic (exact) mass is 590 g/mol. The number of likely N-dealkylation sites (tertiary alicyclic amines) is 2. The zero-order valence-corrected chi connectivity index (χ0v) is 26.6. The van der Waals surface area contributed by atoms with Crippen molar-refractivity contribution >= 4 is 17.0 Å². The second kappa shape index (κ2) is 10.8. The van der Waals surface area contributed by atoms with Gasteiger partial charge in [0, 0.05) is 67.1 Å². The summed E-state index contributed by atoms with van der Waals surface area (Å²) in [6.45, 7) is 16.1. The first kappa shape index (κ1) is 27.4. The van der Waals surface area contributed by atoms with Gasteiger partial charge in [0.15, 0.2) is 5.82 Å². The predicted octanol–water partition coefficient (Wildman–Crippen LogP) is 6.69. The smallest absolute Gasteiger partial charge is 0.162 e. The Balaban J connectivity index is 0.850. The van der Waals surface area contributed by atoms with Crippen LogP contribution in [-0.4, -0.2) is 69.5 Å². The van der Waals surface area contributed by atoms with E-state index in [0.717, 1.165) is 35.1 Å². The number of nitrogens with zero attached hydrogens (tertiary/aromatic N) is 6. The number of rotatable bonds is 7. The number of hydrogen-bond acceptors (Lipinski definition) is 6. The highest BCUT2D eigenvalue weighted by Gasteiger charge is 2.38. The van der Waals surface area contributed by atoms with Gasteiger partial charge in [-0.15, -0.1) is 21.5 Å². The number of aryl methyl sites for hydroxylation is 2. The van der Waals surface area contributed by atoms with Crippen molar-refractivity contribution in [1.82, 2.24) is 24.6 Å². The van der Waals surface area contributed by atoms with Crippen LogP contribution in [0.25, 0.3) is 5.00 Å². The molecule has 3 fully saturated rings. The van der Waals surface area contributed by atoms with Gasteiger partial charge in [0.1, 0.15) is 16.9 Å². The van der Waals surface area contributed by atoms with Crippen molar-refractivity contribution in [1.29, 1.82) is 0 Å². The Bertz CT molecular complexity index is 1650. The normalized spacial score (nSPS) is 24.4. The molecule has 4 aliphatic rings. The quantitative estimate of drug-likeness (QED) is 0.241. The highest BCUT2D eigenvalue weighted by Crippen LogP contribution is 2.41. The van der Waals surface area contributed by atoms with Crippen LogP contribution in [0.1, 0.15) is 82.0 Å². The molecule has 0 unspecified atom stereocenters. The summed E-state index contributed by atoms with van der Waals surface area (Å²) in [5, 5.41) is 10.1. The largest absolute Gasteiger partial charge is 0.302 e. The van der Waals surface area contributed by atoms with Gasteiger partial charge in [-0.25, -0.2) is 0 Å². The molecule has 8 rings (SSSR count).